The van der Waals surface area contributed by atoms with Crippen LogP contribution >= 0.6 is 11.6 Å². The Morgan fingerprint density at radius 1 is 1.00 bits per heavy atom. The van der Waals surface area contributed by atoms with Crippen molar-refractivity contribution < 1.29 is 19.8 Å². The molecule has 0 aliphatic heterocycles. The van der Waals surface area contributed by atoms with E-state index in [0.717, 1.165) is 28.2 Å². The number of aromatic carboxylic acids is 2. The highest BCUT2D eigenvalue weighted by atomic mass is 35.5. The van der Waals surface area contributed by atoms with Crippen molar-refractivity contribution in [3.63, 3.8) is 0 Å². The van der Waals surface area contributed by atoms with E-state index in [-0.39, 0.29) is 16.1 Å². The third-order valence-electron chi connectivity index (χ3n) is 4.70. The number of hydrogen-bond donors (Lipinski definition) is 2. The van der Waals surface area contributed by atoms with Crippen molar-refractivity contribution >= 4 is 35.4 Å². The zero-order valence-corrected chi connectivity index (χ0v) is 16.9. The SMILES string of the molecule is Cc1cc(C(=O)O)ccc1N=Cc1cc(C)n(-c2ccc(C(=O)O)c(Cl)c2)c1C. The van der Waals surface area contributed by atoms with Gasteiger partial charge in [-0.05, 0) is 68.8 Å². The quantitative estimate of drug-likeness (QED) is 0.565. The number of carboxylic acid groups (broad SMARTS) is 2. The van der Waals surface area contributed by atoms with Crippen LogP contribution in [0.3, 0.4) is 0 Å². The van der Waals surface area contributed by atoms with Crippen molar-refractivity contribution in [2.24, 2.45) is 4.99 Å². The van der Waals surface area contributed by atoms with Crippen LogP contribution in [0.15, 0.2) is 47.5 Å². The van der Waals surface area contributed by atoms with Gasteiger partial charge in [0.15, 0.2) is 0 Å². The minimum atomic E-state index is -1.07. The highest BCUT2D eigenvalue weighted by molar-refractivity contribution is 6.33. The molecule has 0 amide bonds. The molecule has 1 heterocycles. The van der Waals surface area contributed by atoms with Crippen molar-refractivity contribution in [1.29, 1.82) is 0 Å². The van der Waals surface area contributed by atoms with Crippen molar-refractivity contribution in [3.05, 3.63) is 81.1 Å². The molecule has 0 spiro atoms. The first kappa shape index (κ1) is 20.4. The summed E-state index contributed by atoms with van der Waals surface area (Å²) in [7, 11) is 0. The molecule has 2 N–H and O–H groups in total. The lowest BCUT2D eigenvalue weighted by Gasteiger charge is -2.11. The highest BCUT2D eigenvalue weighted by Gasteiger charge is 2.14. The zero-order valence-electron chi connectivity index (χ0n) is 16.1. The van der Waals surface area contributed by atoms with Crippen molar-refractivity contribution in [3.8, 4) is 5.69 Å². The van der Waals surface area contributed by atoms with Crippen molar-refractivity contribution in [2.75, 3.05) is 0 Å². The summed E-state index contributed by atoms with van der Waals surface area (Å²) in [4.78, 5) is 26.7. The van der Waals surface area contributed by atoms with Gasteiger partial charge in [0.2, 0.25) is 0 Å². The maximum Gasteiger partial charge on any atom is 0.337 e. The van der Waals surface area contributed by atoms with E-state index >= 15 is 0 Å². The number of halogens is 1. The molecule has 2 aromatic carbocycles. The van der Waals surface area contributed by atoms with Gasteiger partial charge in [-0.15, -0.1) is 0 Å². The standard InChI is InChI=1S/C22H19ClN2O4/c1-12-8-15(21(26)27)4-7-20(12)24-11-16-9-13(2)25(14(16)3)17-5-6-18(22(28)29)19(23)10-17/h4-11H,1-3H3,(H,26,27)(H,28,29). The number of carbonyl (C=O) groups is 2. The number of aliphatic imine (C=N–C) groups is 1. The lowest BCUT2D eigenvalue weighted by molar-refractivity contribution is 0.0686. The lowest BCUT2D eigenvalue weighted by Crippen LogP contribution is -2.02. The van der Waals surface area contributed by atoms with E-state index < -0.39 is 11.9 Å². The van der Waals surface area contributed by atoms with E-state index in [1.807, 2.05) is 31.4 Å². The molecule has 1 aromatic heterocycles. The topological polar surface area (TPSA) is 91.9 Å². The zero-order chi connectivity index (χ0) is 21.3. The van der Waals surface area contributed by atoms with Gasteiger partial charge in [0.05, 0.1) is 21.8 Å². The first-order valence-electron chi connectivity index (χ1n) is 8.79. The van der Waals surface area contributed by atoms with E-state index in [2.05, 4.69) is 4.99 Å². The summed E-state index contributed by atoms with van der Waals surface area (Å²) in [5, 5.41) is 18.4. The normalized spacial score (nSPS) is 11.2. The predicted octanol–water partition coefficient (Wildman–Crippen LogP) is 5.20. The smallest absolute Gasteiger partial charge is 0.337 e. The second kappa shape index (κ2) is 7.93. The van der Waals surface area contributed by atoms with Gasteiger partial charge in [-0.3, -0.25) is 4.99 Å². The van der Waals surface area contributed by atoms with Crippen LogP contribution in [0.4, 0.5) is 5.69 Å². The molecular formula is C22H19ClN2O4. The van der Waals surface area contributed by atoms with Crippen LogP contribution in [0.1, 0.15) is 43.2 Å². The Hall–Kier alpha value is -3.38. The summed E-state index contributed by atoms with van der Waals surface area (Å²) < 4.78 is 1.97. The molecule has 6 nitrogen and oxygen atoms in total. The number of aryl methyl sites for hydroxylation is 2. The molecular weight excluding hydrogens is 392 g/mol. The summed E-state index contributed by atoms with van der Waals surface area (Å²) in [5.41, 5.74) is 5.26. The Labute approximate surface area is 172 Å². The third-order valence-corrected chi connectivity index (χ3v) is 5.01. The van der Waals surface area contributed by atoms with Crippen molar-refractivity contribution in [1.82, 2.24) is 4.57 Å². The molecule has 7 heteroatoms. The number of hydrogen-bond acceptors (Lipinski definition) is 3. The van der Waals surface area contributed by atoms with Gasteiger partial charge >= 0.3 is 11.9 Å². The molecule has 0 bridgehead atoms. The predicted molar refractivity (Wildman–Crippen MR) is 113 cm³/mol. The molecule has 0 aliphatic carbocycles. The Bertz CT molecular complexity index is 1160. The van der Waals surface area contributed by atoms with Crippen LogP contribution < -0.4 is 0 Å². The van der Waals surface area contributed by atoms with Gasteiger partial charge in [0.25, 0.3) is 0 Å². The molecule has 0 radical (unpaired) electrons. The molecule has 0 unspecified atom stereocenters. The summed E-state index contributed by atoms with van der Waals surface area (Å²) in [6, 6.07) is 11.6. The summed E-state index contributed by atoms with van der Waals surface area (Å²) in [6.45, 7) is 5.69. The highest BCUT2D eigenvalue weighted by Crippen LogP contribution is 2.26. The molecule has 0 saturated carbocycles. The van der Waals surface area contributed by atoms with Crippen LogP contribution in [-0.4, -0.2) is 32.9 Å². The second-order valence-corrected chi connectivity index (χ2v) is 7.10. The Balaban J connectivity index is 1.96. The van der Waals surface area contributed by atoms with Crippen LogP contribution in [0.2, 0.25) is 5.02 Å². The van der Waals surface area contributed by atoms with E-state index in [9.17, 15) is 9.59 Å². The van der Waals surface area contributed by atoms with E-state index in [1.165, 1.54) is 12.1 Å². The fourth-order valence-corrected chi connectivity index (χ4v) is 3.46. The molecule has 0 atom stereocenters. The molecule has 148 valence electrons. The molecule has 29 heavy (non-hydrogen) atoms. The first-order chi connectivity index (χ1) is 13.7. The van der Waals surface area contributed by atoms with Gasteiger partial charge in [-0.25, -0.2) is 9.59 Å². The van der Waals surface area contributed by atoms with Gasteiger partial charge in [0, 0.05) is 28.9 Å². The van der Waals surface area contributed by atoms with Crippen molar-refractivity contribution in [2.45, 2.75) is 20.8 Å². The third kappa shape index (κ3) is 4.07. The minimum Gasteiger partial charge on any atom is -0.478 e. The van der Waals surface area contributed by atoms with E-state index in [1.54, 1.807) is 30.5 Å². The summed E-state index contributed by atoms with van der Waals surface area (Å²) in [6.07, 6.45) is 1.73. The first-order valence-corrected chi connectivity index (χ1v) is 9.17. The number of benzene rings is 2. The van der Waals surface area contributed by atoms with Gasteiger partial charge in [0.1, 0.15) is 0 Å². The maximum absolute atomic E-state index is 11.2. The van der Waals surface area contributed by atoms with E-state index in [4.69, 9.17) is 21.8 Å². The number of aromatic nitrogens is 1. The van der Waals surface area contributed by atoms with Gasteiger partial charge < -0.3 is 14.8 Å². The molecule has 0 saturated heterocycles. The second-order valence-electron chi connectivity index (χ2n) is 6.70. The fraction of sp³-hybridized carbons (Fsp3) is 0.136. The number of carboxylic acids is 2. The Morgan fingerprint density at radius 2 is 1.72 bits per heavy atom. The number of rotatable bonds is 5. The monoisotopic (exact) mass is 410 g/mol. The average Bonchev–Trinajstić information content (AvgIpc) is 2.93. The minimum absolute atomic E-state index is 0.0555. The lowest BCUT2D eigenvalue weighted by atomic mass is 10.1. The van der Waals surface area contributed by atoms with Gasteiger partial charge in [-0.2, -0.15) is 0 Å². The largest absolute Gasteiger partial charge is 0.478 e. The molecule has 0 fully saturated rings. The van der Waals surface area contributed by atoms with Crippen LogP contribution in [0, 0.1) is 20.8 Å². The van der Waals surface area contributed by atoms with Crippen LogP contribution in [0.5, 0.6) is 0 Å². The van der Waals surface area contributed by atoms with Gasteiger partial charge in [-0.1, -0.05) is 11.6 Å². The molecule has 3 aromatic rings. The Morgan fingerprint density at radius 3 is 2.31 bits per heavy atom. The fourth-order valence-electron chi connectivity index (χ4n) is 3.20. The van der Waals surface area contributed by atoms with Crippen LogP contribution in [0.25, 0.3) is 5.69 Å². The Kier molecular flexibility index (Phi) is 5.57. The summed E-state index contributed by atoms with van der Waals surface area (Å²) in [5.74, 6) is -2.04. The maximum atomic E-state index is 11.2. The molecule has 3 rings (SSSR count). The van der Waals surface area contributed by atoms with Crippen LogP contribution in [-0.2, 0) is 0 Å². The molecule has 0 aliphatic rings. The number of nitrogens with zero attached hydrogens (tertiary/aromatic N) is 2. The average molecular weight is 411 g/mol. The van der Waals surface area contributed by atoms with E-state index in [0.29, 0.717) is 5.69 Å². The summed E-state index contributed by atoms with van der Waals surface area (Å²) >= 11 is 6.12.